The normalized spacial score (nSPS) is 11.6. The molecule has 2 N–H and O–H groups in total. The minimum absolute atomic E-state index is 0.147. The zero-order valence-electron chi connectivity index (χ0n) is 12.1. The molecule has 1 amide bonds. The Balaban J connectivity index is 2.98. The monoisotopic (exact) mass is 295 g/mol. The molecule has 21 heavy (non-hydrogen) atoms. The molecule has 5 nitrogen and oxygen atoms in total. The molecule has 0 saturated carbocycles. The Bertz CT molecular complexity index is 567. The molecule has 0 bridgehead atoms. The van der Waals surface area contributed by atoms with Gasteiger partial charge in [-0.3, -0.25) is 4.79 Å². The molecular formula is C15H18FNO4. The summed E-state index contributed by atoms with van der Waals surface area (Å²) in [6.07, 6.45) is 2.21. The summed E-state index contributed by atoms with van der Waals surface area (Å²) in [5, 5.41) is 11.2. The second kappa shape index (κ2) is 6.99. The quantitative estimate of drug-likeness (QED) is 0.788. The van der Waals surface area contributed by atoms with Crippen molar-refractivity contribution in [2.45, 2.75) is 19.4 Å². The fraction of sp³-hybridized carbons (Fsp3) is 0.333. The van der Waals surface area contributed by atoms with Gasteiger partial charge in [-0.1, -0.05) is 6.07 Å². The first-order chi connectivity index (χ1) is 9.75. The fourth-order valence-corrected chi connectivity index (χ4v) is 1.76. The zero-order chi connectivity index (χ0) is 16.0. The van der Waals surface area contributed by atoms with Crippen molar-refractivity contribution in [3.05, 3.63) is 41.2 Å². The minimum Gasteiger partial charge on any atom is -0.478 e. The highest BCUT2D eigenvalue weighted by Crippen LogP contribution is 2.14. The zero-order valence-corrected chi connectivity index (χ0v) is 12.1. The Morgan fingerprint density at radius 1 is 1.43 bits per heavy atom. The number of benzene rings is 1. The number of hydrogen-bond acceptors (Lipinski definition) is 3. The second-order valence-electron chi connectivity index (χ2n) is 5.18. The number of halogens is 1. The van der Waals surface area contributed by atoms with E-state index in [2.05, 4.69) is 5.32 Å². The van der Waals surface area contributed by atoms with Gasteiger partial charge in [0, 0.05) is 13.2 Å². The molecule has 0 heterocycles. The third-order valence-corrected chi connectivity index (χ3v) is 2.61. The number of nitrogens with one attached hydrogen (secondary N) is 1. The molecule has 1 aromatic rings. The number of carboxylic acid groups (broad SMARTS) is 1. The SMILES string of the molecule is COCC(C)(C)NC(=O)c1cc(/C=C/C(=O)O)ccc1F. The lowest BCUT2D eigenvalue weighted by molar-refractivity contribution is -0.131. The van der Waals surface area contributed by atoms with Crippen LogP contribution in [0.1, 0.15) is 29.8 Å². The number of carbonyl (C=O) groups is 2. The molecule has 0 aromatic heterocycles. The smallest absolute Gasteiger partial charge is 0.328 e. The molecule has 0 atom stereocenters. The predicted octanol–water partition coefficient (Wildman–Crippen LogP) is 2.08. The maximum Gasteiger partial charge on any atom is 0.328 e. The molecule has 1 rings (SSSR count). The molecular weight excluding hydrogens is 277 g/mol. The van der Waals surface area contributed by atoms with Crippen molar-refractivity contribution in [3.8, 4) is 0 Å². The summed E-state index contributed by atoms with van der Waals surface area (Å²) < 4.78 is 18.7. The first kappa shape index (κ1) is 16.8. The van der Waals surface area contributed by atoms with Gasteiger partial charge in [0.25, 0.3) is 5.91 Å². The highest BCUT2D eigenvalue weighted by atomic mass is 19.1. The van der Waals surface area contributed by atoms with Crippen LogP contribution in [-0.2, 0) is 9.53 Å². The van der Waals surface area contributed by atoms with Gasteiger partial charge < -0.3 is 15.2 Å². The maximum atomic E-state index is 13.7. The van der Waals surface area contributed by atoms with Gasteiger partial charge in [0.05, 0.1) is 17.7 Å². The van der Waals surface area contributed by atoms with Crippen molar-refractivity contribution < 1.29 is 23.8 Å². The van der Waals surface area contributed by atoms with E-state index < -0.39 is 23.2 Å². The van der Waals surface area contributed by atoms with Crippen LogP contribution in [0, 0.1) is 5.82 Å². The molecule has 114 valence electrons. The van der Waals surface area contributed by atoms with Gasteiger partial charge in [-0.2, -0.15) is 0 Å². The predicted molar refractivity (Wildman–Crippen MR) is 76.5 cm³/mol. The van der Waals surface area contributed by atoms with Gasteiger partial charge in [0.2, 0.25) is 0 Å². The summed E-state index contributed by atoms with van der Waals surface area (Å²) in [6.45, 7) is 3.78. The average molecular weight is 295 g/mol. The first-order valence-corrected chi connectivity index (χ1v) is 6.27. The number of amides is 1. The number of carboxylic acids is 1. The third kappa shape index (κ3) is 5.35. The lowest BCUT2D eigenvalue weighted by atomic mass is 10.0. The van der Waals surface area contributed by atoms with Crippen LogP contribution in [0.2, 0.25) is 0 Å². The number of aliphatic carboxylic acids is 1. The van der Waals surface area contributed by atoms with Crippen molar-refractivity contribution in [2.75, 3.05) is 13.7 Å². The van der Waals surface area contributed by atoms with Gasteiger partial charge in [-0.25, -0.2) is 9.18 Å². The average Bonchev–Trinajstić information content (AvgIpc) is 2.36. The van der Waals surface area contributed by atoms with E-state index in [0.717, 1.165) is 12.1 Å². The van der Waals surface area contributed by atoms with E-state index in [1.807, 2.05) is 0 Å². The van der Waals surface area contributed by atoms with E-state index in [9.17, 15) is 14.0 Å². The summed E-state index contributed by atoms with van der Waals surface area (Å²) in [7, 11) is 1.51. The number of methoxy groups -OCH3 is 1. The van der Waals surface area contributed by atoms with Crippen molar-refractivity contribution in [1.82, 2.24) is 5.32 Å². The molecule has 0 fully saturated rings. The van der Waals surface area contributed by atoms with E-state index >= 15 is 0 Å². The van der Waals surface area contributed by atoms with Gasteiger partial charge in [-0.05, 0) is 37.6 Å². The molecule has 0 aliphatic rings. The van der Waals surface area contributed by atoms with Gasteiger partial charge in [-0.15, -0.1) is 0 Å². The lowest BCUT2D eigenvalue weighted by Gasteiger charge is -2.25. The molecule has 1 aromatic carbocycles. The minimum atomic E-state index is -1.12. The molecule has 0 aliphatic carbocycles. The van der Waals surface area contributed by atoms with Crippen LogP contribution in [0.4, 0.5) is 4.39 Å². The van der Waals surface area contributed by atoms with Crippen LogP contribution in [0.25, 0.3) is 6.08 Å². The van der Waals surface area contributed by atoms with E-state index in [1.54, 1.807) is 13.8 Å². The van der Waals surface area contributed by atoms with Crippen LogP contribution in [0.5, 0.6) is 0 Å². The summed E-state index contributed by atoms with van der Waals surface area (Å²) in [5.74, 6) is -2.38. The third-order valence-electron chi connectivity index (χ3n) is 2.61. The van der Waals surface area contributed by atoms with Crippen LogP contribution < -0.4 is 5.32 Å². The van der Waals surface area contributed by atoms with Crippen LogP contribution in [0.15, 0.2) is 24.3 Å². The Hall–Kier alpha value is -2.21. The summed E-state index contributed by atoms with van der Waals surface area (Å²) in [4.78, 5) is 22.6. The van der Waals surface area contributed by atoms with E-state index in [-0.39, 0.29) is 12.2 Å². The van der Waals surface area contributed by atoms with Gasteiger partial charge in [0.1, 0.15) is 5.82 Å². The van der Waals surface area contributed by atoms with Crippen LogP contribution in [-0.4, -0.2) is 36.2 Å². The second-order valence-corrected chi connectivity index (χ2v) is 5.18. The standard InChI is InChI=1S/C15H18FNO4/c1-15(2,9-21-3)17-14(20)11-8-10(4-6-12(11)16)5-7-13(18)19/h4-8H,9H2,1-3H3,(H,17,20)(H,18,19)/b7-5+. The molecule has 0 radical (unpaired) electrons. The van der Waals surface area contributed by atoms with Crippen molar-refractivity contribution in [2.24, 2.45) is 0 Å². The number of rotatable bonds is 6. The van der Waals surface area contributed by atoms with Crippen molar-refractivity contribution in [1.29, 1.82) is 0 Å². The number of carbonyl (C=O) groups excluding carboxylic acids is 1. The Morgan fingerprint density at radius 2 is 2.10 bits per heavy atom. The van der Waals surface area contributed by atoms with Gasteiger partial charge >= 0.3 is 5.97 Å². The van der Waals surface area contributed by atoms with E-state index in [1.165, 1.54) is 25.3 Å². The van der Waals surface area contributed by atoms with Gasteiger partial charge in [0.15, 0.2) is 0 Å². The number of hydrogen-bond donors (Lipinski definition) is 2. The fourth-order valence-electron chi connectivity index (χ4n) is 1.76. The molecule has 0 aliphatic heterocycles. The summed E-state index contributed by atoms with van der Waals surface area (Å²) >= 11 is 0. The maximum absolute atomic E-state index is 13.7. The van der Waals surface area contributed by atoms with Crippen LogP contribution in [0.3, 0.4) is 0 Å². The molecule has 0 spiro atoms. The topological polar surface area (TPSA) is 75.6 Å². The number of ether oxygens (including phenoxy) is 1. The highest BCUT2D eigenvalue weighted by Gasteiger charge is 2.22. The summed E-state index contributed by atoms with van der Waals surface area (Å²) in [5.41, 5.74) is -0.370. The Kier molecular flexibility index (Phi) is 5.60. The lowest BCUT2D eigenvalue weighted by Crippen LogP contribution is -2.47. The molecule has 0 saturated heterocycles. The molecule has 0 unspecified atom stereocenters. The largest absolute Gasteiger partial charge is 0.478 e. The van der Waals surface area contributed by atoms with Crippen molar-refractivity contribution >= 4 is 18.0 Å². The first-order valence-electron chi connectivity index (χ1n) is 6.27. The highest BCUT2D eigenvalue weighted by molar-refractivity contribution is 5.95. The van der Waals surface area contributed by atoms with Crippen molar-refractivity contribution in [3.63, 3.8) is 0 Å². The summed E-state index contributed by atoms with van der Waals surface area (Å²) in [6, 6.07) is 3.82. The van der Waals surface area contributed by atoms with Crippen LogP contribution >= 0.6 is 0 Å². The van der Waals surface area contributed by atoms with E-state index in [0.29, 0.717) is 5.56 Å². The Labute approximate surface area is 122 Å². The van der Waals surface area contributed by atoms with E-state index in [4.69, 9.17) is 9.84 Å². The molecule has 6 heteroatoms. The Morgan fingerprint density at radius 3 is 2.67 bits per heavy atom.